The zero-order chi connectivity index (χ0) is 23.2. The number of fused-ring (bicyclic) bond motifs is 1. The van der Waals surface area contributed by atoms with Crippen molar-refractivity contribution in [2.75, 3.05) is 0 Å². The minimum atomic E-state index is -0.502. The summed E-state index contributed by atoms with van der Waals surface area (Å²) >= 11 is 0. The third-order valence-corrected chi connectivity index (χ3v) is 5.13. The standard InChI is InChI=1S/C30H19F3/c1-2-3-4-21-5-10-24(29(32)18-21)12-7-23-8-13-25(30(33)19-23)11-6-22-9-14-27-20-28(31)16-15-26(27)17-22/h2,5,8-10,13-20H,1,3-4H2. The van der Waals surface area contributed by atoms with E-state index in [2.05, 4.69) is 30.3 Å². The van der Waals surface area contributed by atoms with Crippen LogP contribution in [0.1, 0.15) is 34.2 Å². The first-order chi connectivity index (χ1) is 16.0. The molecule has 0 aliphatic carbocycles. The van der Waals surface area contributed by atoms with Gasteiger partial charge in [0.1, 0.15) is 17.5 Å². The summed E-state index contributed by atoms with van der Waals surface area (Å²) in [5.41, 5.74) is 2.51. The summed E-state index contributed by atoms with van der Waals surface area (Å²) < 4.78 is 42.1. The number of rotatable bonds is 3. The summed E-state index contributed by atoms with van der Waals surface area (Å²) in [6.45, 7) is 3.67. The molecule has 0 amide bonds. The molecule has 3 heteroatoms. The van der Waals surface area contributed by atoms with Gasteiger partial charge in [0.25, 0.3) is 0 Å². The van der Waals surface area contributed by atoms with Crippen LogP contribution in [0, 0.1) is 41.1 Å². The van der Waals surface area contributed by atoms with Gasteiger partial charge in [-0.1, -0.05) is 48.0 Å². The number of benzene rings is 4. The van der Waals surface area contributed by atoms with E-state index >= 15 is 0 Å². The minimum Gasteiger partial charge on any atom is -0.207 e. The van der Waals surface area contributed by atoms with E-state index in [0.29, 0.717) is 11.1 Å². The van der Waals surface area contributed by atoms with E-state index in [1.54, 1.807) is 42.5 Å². The van der Waals surface area contributed by atoms with Crippen LogP contribution in [0.5, 0.6) is 0 Å². The van der Waals surface area contributed by atoms with Crippen molar-refractivity contribution in [1.82, 2.24) is 0 Å². The molecule has 0 unspecified atom stereocenters. The van der Waals surface area contributed by atoms with Crippen LogP contribution in [0.3, 0.4) is 0 Å². The van der Waals surface area contributed by atoms with Crippen molar-refractivity contribution in [1.29, 1.82) is 0 Å². The van der Waals surface area contributed by atoms with Gasteiger partial charge < -0.3 is 0 Å². The van der Waals surface area contributed by atoms with Crippen molar-refractivity contribution < 1.29 is 13.2 Å². The maximum absolute atomic E-state index is 14.5. The molecular weight excluding hydrogens is 417 g/mol. The Morgan fingerprint density at radius 3 is 1.94 bits per heavy atom. The van der Waals surface area contributed by atoms with Gasteiger partial charge in [-0.2, -0.15) is 0 Å². The Bertz CT molecular complexity index is 1470. The molecule has 4 aromatic rings. The quantitative estimate of drug-likeness (QED) is 0.236. The van der Waals surface area contributed by atoms with Crippen LogP contribution in [0.2, 0.25) is 0 Å². The van der Waals surface area contributed by atoms with Crippen molar-refractivity contribution in [3.63, 3.8) is 0 Å². The molecular formula is C30H19F3. The molecule has 4 rings (SSSR count). The highest BCUT2D eigenvalue weighted by Gasteiger charge is 2.03. The molecule has 0 atom stereocenters. The van der Waals surface area contributed by atoms with Gasteiger partial charge in [0.2, 0.25) is 0 Å². The van der Waals surface area contributed by atoms with Crippen LogP contribution >= 0.6 is 0 Å². The number of aryl methyl sites for hydroxylation is 1. The second-order valence-electron chi connectivity index (χ2n) is 7.54. The molecule has 4 aromatic carbocycles. The lowest BCUT2D eigenvalue weighted by Crippen LogP contribution is -1.90. The second-order valence-corrected chi connectivity index (χ2v) is 7.54. The van der Waals surface area contributed by atoms with Gasteiger partial charge >= 0.3 is 0 Å². The molecule has 0 bridgehead atoms. The maximum atomic E-state index is 14.5. The van der Waals surface area contributed by atoms with E-state index in [0.717, 1.165) is 29.2 Å². The zero-order valence-electron chi connectivity index (χ0n) is 17.8. The van der Waals surface area contributed by atoms with Crippen LogP contribution in [0.15, 0.2) is 85.5 Å². The van der Waals surface area contributed by atoms with Gasteiger partial charge in [-0.25, -0.2) is 13.2 Å². The van der Waals surface area contributed by atoms with E-state index in [1.165, 1.54) is 24.3 Å². The fourth-order valence-corrected chi connectivity index (χ4v) is 3.35. The summed E-state index contributed by atoms with van der Waals surface area (Å²) in [4.78, 5) is 0. The highest BCUT2D eigenvalue weighted by molar-refractivity contribution is 5.84. The van der Waals surface area contributed by atoms with Gasteiger partial charge in [-0.15, -0.1) is 6.58 Å². The topological polar surface area (TPSA) is 0 Å². The first-order valence-corrected chi connectivity index (χ1v) is 10.4. The lowest BCUT2D eigenvalue weighted by molar-refractivity contribution is 0.622. The normalized spacial score (nSPS) is 10.2. The largest absolute Gasteiger partial charge is 0.207 e. The fourth-order valence-electron chi connectivity index (χ4n) is 3.35. The van der Waals surface area contributed by atoms with Gasteiger partial charge in [0.15, 0.2) is 0 Å². The molecule has 0 spiro atoms. The number of allylic oxidation sites excluding steroid dienone is 1. The van der Waals surface area contributed by atoms with Crippen molar-refractivity contribution in [2.24, 2.45) is 0 Å². The average molecular weight is 436 g/mol. The van der Waals surface area contributed by atoms with Gasteiger partial charge in [-0.05, 0) is 83.8 Å². The van der Waals surface area contributed by atoms with Crippen LogP contribution in [0.25, 0.3) is 10.8 Å². The molecule has 0 aliphatic rings. The van der Waals surface area contributed by atoms with E-state index < -0.39 is 11.6 Å². The average Bonchev–Trinajstić information content (AvgIpc) is 2.81. The molecule has 0 aliphatic heterocycles. The van der Waals surface area contributed by atoms with E-state index in [4.69, 9.17) is 0 Å². The minimum absolute atomic E-state index is 0.234. The van der Waals surface area contributed by atoms with Crippen LogP contribution in [-0.2, 0) is 6.42 Å². The fraction of sp³-hybridized carbons (Fsp3) is 0.0667. The molecule has 0 nitrogen and oxygen atoms in total. The van der Waals surface area contributed by atoms with E-state index in [1.807, 2.05) is 12.1 Å². The maximum Gasteiger partial charge on any atom is 0.140 e. The third kappa shape index (κ3) is 5.53. The van der Waals surface area contributed by atoms with Crippen LogP contribution < -0.4 is 0 Å². The first-order valence-electron chi connectivity index (χ1n) is 10.4. The summed E-state index contributed by atoms with van der Waals surface area (Å²) in [5.74, 6) is 10.1. The van der Waals surface area contributed by atoms with Gasteiger partial charge in [-0.3, -0.25) is 0 Å². The smallest absolute Gasteiger partial charge is 0.140 e. The Morgan fingerprint density at radius 2 is 1.24 bits per heavy atom. The van der Waals surface area contributed by atoms with Crippen molar-refractivity contribution in [3.05, 3.63) is 131 Å². The number of hydrogen-bond donors (Lipinski definition) is 0. The summed E-state index contributed by atoms with van der Waals surface area (Å²) in [7, 11) is 0. The summed E-state index contributed by atoms with van der Waals surface area (Å²) in [5, 5.41) is 1.63. The molecule has 0 radical (unpaired) electrons. The van der Waals surface area contributed by atoms with Crippen LogP contribution in [0.4, 0.5) is 13.2 Å². The predicted octanol–water partition coefficient (Wildman–Crippen LogP) is 7.18. The Kier molecular flexibility index (Phi) is 6.63. The second kappa shape index (κ2) is 9.94. The molecule has 0 fully saturated rings. The summed E-state index contributed by atoms with van der Waals surface area (Å²) in [6.07, 6.45) is 3.29. The van der Waals surface area contributed by atoms with E-state index in [9.17, 15) is 13.2 Å². The highest BCUT2D eigenvalue weighted by Crippen LogP contribution is 2.17. The predicted molar refractivity (Wildman–Crippen MR) is 127 cm³/mol. The lowest BCUT2D eigenvalue weighted by atomic mass is 10.1. The Balaban J connectivity index is 1.52. The van der Waals surface area contributed by atoms with Gasteiger partial charge in [0.05, 0.1) is 11.1 Å². The summed E-state index contributed by atoms with van der Waals surface area (Å²) in [6, 6.07) is 19.3. The van der Waals surface area contributed by atoms with Crippen molar-refractivity contribution in [2.45, 2.75) is 12.8 Å². The number of hydrogen-bond acceptors (Lipinski definition) is 0. The SMILES string of the molecule is C=CCCc1ccc(C#Cc2ccc(C#Cc3ccc4cc(F)ccc4c3)c(F)c2)c(F)c1. The molecule has 0 saturated carbocycles. The monoisotopic (exact) mass is 436 g/mol. The molecule has 33 heavy (non-hydrogen) atoms. The Morgan fingerprint density at radius 1 is 0.636 bits per heavy atom. The Hall–Kier alpha value is -4.21. The lowest BCUT2D eigenvalue weighted by Gasteiger charge is -2.01. The zero-order valence-corrected chi connectivity index (χ0v) is 17.8. The first kappa shape index (κ1) is 22.0. The molecule has 0 aromatic heterocycles. The van der Waals surface area contributed by atoms with Crippen molar-refractivity contribution in [3.8, 4) is 23.7 Å². The van der Waals surface area contributed by atoms with Crippen molar-refractivity contribution >= 4 is 10.8 Å². The molecule has 0 saturated heterocycles. The third-order valence-electron chi connectivity index (χ3n) is 5.13. The molecule has 0 N–H and O–H groups in total. The number of halogens is 3. The molecule has 0 heterocycles. The van der Waals surface area contributed by atoms with Crippen LogP contribution in [-0.4, -0.2) is 0 Å². The highest BCUT2D eigenvalue weighted by atomic mass is 19.1. The molecule has 160 valence electrons. The van der Waals surface area contributed by atoms with E-state index in [-0.39, 0.29) is 16.9 Å². The Labute approximate surface area is 191 Å². The van der Waals surface area contributed by atoms with Gasteiger partial charge in [0, 0.05) is 11.1 Å².